The first kappa shape index (κ1) is 10.9. The van der Waals surface area contributed by atoms with E-state index in [0.29, 0.717) is 13.0 Å². The van der Waals surface area contributed by atoms with E-state index in [1.807, 2.05) is 0 Å². The molecule has 0 aromatic rings. The van der Waals surface area contributed by atoms with Crippen LogP contribution >= 0.6 is 0 Å². The maximum absolute atomic E-state index is 11.2. The molecule has 1 aliphatic rings. The summed E-state index contributed by atoms with van der Waals surface area (Å²) in [7, 11) is 0. The van der Waals surface area contributed by atoms with Crippen molar-refractivity contribution in [3.63, 3.8) is 0 Å². The molecule has 0 radical (unpaired) electrons. The summed E-state index contributed by atoms with van der Waals surface area (Å²) in [5.74, 6) is -1.13. The lowest BCUT2D eigenvalue weighted by Gasteiger charge is -2.13. The van der Waals surface area contributed by atoms with E-state index >= 15 is 0 Å². The Hall–Kier alpha value is -1.14. The van der Waals surface area contributed by atoms with Crippen LogP contribution in [0.2, 0.25) is 0 Å². The van der Waals surface area contributed by atoms with Crippen LogP contribution in [0.25, 0.3) is 0 Å². The van der Waals surface area contributed by atoms with Gasteiger partial charge in [0.15, 0.2) is 0 Å². The Morgan fingerprint density at radius 1 is 1.64 bits per heavy atom. The van der Waals surface area contributed by atoms with Gasteiger partial charge in [-0.15, -0.1) is 0 Å². The van der Waals surface area contributed by atoms with Crippen molar-refractivity contribution in [2.45, 2.75) is 31.5 Å². The van der Waals surface area contributed by atoms with Crippen molar-refractivity contribution in [2.75, 3.05) is 6.54 Å². The first-order valence-electron chi connectivity index (χ1n) is 4.53. The first-order valence-corrected chi connectivity index (χ1v) is 4.53. The number of hydrogen-bond donors (Lipinski definition) is 4. The molecule has 80 valence electrons. The van der Waals surface area contributed by atoms with Gasteiger partial charge in [0.2, 0.25) is 5.91 Å². The molecule has 0 aromatic carbocycles. The number of nitrogens with one attached hydrogen (secondary N) is 2. The van der Waals surface area contributed by atoms with E-state index in [1.54, 1.807) is 6.92 Å². The zero-order chi connectivity index (χ0) is 10.7. The van der Waals surface area contributed by atoms with Crippen molar-refractivity contribution in [1.29, 1.82) is 0 Å². The summed E-state index contributed by atoms with van der Waals surface area (Å²) in [6.45, 7) is 2.07. The number of hydrogen-bond acceptors (Lipinski definition) is 4. The maximum Gasteiger partial charge on any atom is 0.320 e. The molecular weight excluding hydrogens is 186 g/mol. The lowest BCUT2D eigenvalue weighted by molar-refractivity contribution is -0.139. The average molecular weight is 201 g/mol. The van der Waals surface area contributed by atoms with Gasteiger partial charge >= 0.3 is 5.97 Å². The first-order chi connectivity index (χ1) is 6.50. The fourth-order valence-electron chi connectivity index (χ4n) is 1.37. The van der Waals surface area contributed by atoms with E-state index in [0.717, 1.165) is 0 Å². The van der Waals surface area contributed by atoms with Gasteiger partial charge in [-0.2, -0.15) is 0 Å². The van der Waals surface area contributed by atoms with Crippen molar-refractivity contribution in [3.8, 4) is 0 Å². The van der Waals surface area contributed by atoms with Crippen molar-refractivity contribution in [3.05, 3.63) is 0 Å². The average Bonchev–Trinajstić information content (AvgIpc) is 2.52. The topological polar surface area (TPSA) is 104 Å². The molecule has 14 heavy (non-hydrogen) atoms. The molecule has 1 aliphatic heterocycles. The van der Waals surface area contributed by atoms with Crippen molar-refractivity contribution in [2.24, 2.45) is 5.73 Å². The van der Waals surface area contributed by atoms with Crippen LogP contribution in [-0.4, -0.2) is 41.7 Å². The maximum atomic E-state index is 11.2. The highest BCUT2D eigenvalue weighted by atomic mass is 16.4. The molecule has 0 spiro atoms. The number of carboxylic acids is 1. The SMILES string of the molecule is CC(N)C(=O)NC1CNC(C(=O)O)C1. The van der Waals surface area contributed by atoms with Crippen molar-refractivity contribution in [1.82, 2.24) is 10.6 Å². The molecule has 1 saturated heterocycles. The highest BCUT2D eigenvalue weighted by Gasteiger charge is 2.30. The van der Waals surface area contributed by atoms with Gasteiger partial charge in [0.25, 0.3) is 0 Å². The van der Waals surface area contributed by atoms with E-state index < -0.39 is 18.1 Å². The predicted octanol–water partition coefficient (Wildman–Crippen LogP) is -1.74. The molecule has 6 heteroatoms. The molecule has 0 saturated carbocycles. The summed E-state index contributed by atoms with van der Waals surface area (Å²) >= 11 is 0. The van der Waals surface area contributed by atoms with Gasteiger partial charge < -0.3 is 21.5 Å². The third kappa shape index (κ3) is 2.68. The molecule has 3 atom stereocenters. The van der Waals surface area contributed by atoms with Gasteiger partial charge in [0.1, 0.15) is 6.04 Å². The number of aliphatic carboxylic acids is 1. The van der Waals surface area contributed by atoms with Gasteiger partial charge in [0.05, 0.1) is 6.04 Å². The third-order valence-electron chi connectivity index (χ3n) is 2.19. The summed E-state index contributed by atoms with van der Waals surface area (Å²) < 4.78 is 0. The number of carboxylic acid groups (broad SMARTS) is 1. The van der Waals surface area contributed by atoms with Gasteiger partial charge in [-0.1, -0.05) is 0 Å². The summed E-state index contributed by atoms with van der Waals surface area (Å²) in [5, 5.41) is 14.1. The Kier molecular flexibility index (Phi) is 3.43. The van der Waals surface area contributed by atoms with Gasteiger partial charge in [-0.3, -0.25) is 9.59 Å². The Morgan fingerprint density at radius 2 is 2.29 bits per heavy atom. The smallest absolute Gasteiger partial charge is 0.320 e. The highest BCUT2D eigenvalue weighted by Crippen LogP contribution is 2.06. The van der Waals surface area contributed by atoms with Crippen LogP contribution in [0.5, 0.6) is 0 Å². The summed E-state index contributed by atoms with van der Waals surface area (Å²) in [6.07, 6.45) is 0.411. The molecule has 3 unspecified atom stereocenters. The zero-order valence-corrected chi connectivity index (χ0v) is 7.99. The zero-order valence-electron chi connectivity index (χ0n) is 7.99. The number of carbonyl (C=O) groups excluding carboxylic acids is 1. The van der Waals surface area contributed by atoms with Gasteiger partial charge in [0, 0.05) is 12.6 Å². The van der Waals surface area contributed by atoms with Gasteiger partial charge in [-0.25, -0.2) is 0 Å². The van der Waals surface area contributed by atoms with Crippen LogP contribution < -0.4 is 16.4 Å². The molecule has 1 fully saturated rings. The Morgan fingerprint density at radius 3 is 2.71 bits per heavy atom. The number of carbonyl (C=O) groups is 2. The van der Waals surface area contributed by atoms with E-state index in [1.165, 1.54) is 0 Å². The molecule has 0 aromatic heterocycles. The lowest BCUT2D eigenvalue weighted by Crippen LogP contribution is -2.44. The van der Waals surface area contributed by atoms with E-state index in [9.17, 15) is 9.59 Å². The van der Waals surface area contributed by atoms with Crippen LogP contribution in [-0.2, 0) is 9.59 Å². The molecule has 1 amide bonds. The quantitative estimate of drug-likeness (QED) is 0.434. The molecule has 1 heterocycles. The molecule has 5 N–H and O–H groups in total. The standard InChI is InChI=1S/C8H15N3O3/c1-4(9)7(12)11-5-2-6(8(13)14)10-3-5/h4-6,10H,2-3,9H2,1H3,(H,11,12)(H,13,14). The molecule has 0 aliphatic carbocycles. The monoisotopic (exact) mass is 201 g/mol. The Balaban J connectivity index is 2.36. The van der Waals surface area contributed by atoms with Crippen LogP contribution in [0.15, 0.2) is 0 Å². The normalized spacial score (nSPS) is 28.4. The van der Waals surface area contributed by atoms with Crippen molar-refractivity contribution >= 4 is 11.9 Å². The number of nitrogens with two attached hydrogens (primary N) is 1. The highest BCUT2D eigenvalue weighted by molar-refractivity contribution is 5.81. The number of rotatable bonds is 3. The minimum atomic E-state index is -0.887. The minimum absolute atomic E-state index is 0.130. The fraction of sp³-hybridized carbons (Fsp3) is 0.750. The van der Waals surface area contributed by atoms with Crippen LogP contribution in [0.4, 0.5) is 0 Å². The van der Waals surface area contributed by atoms with Crippen LogP contribution in [0.3, 0.4) is 0 Å². The van der Waals surface area contributed by atoms with Gasteiger partial charge in [-0.05, 0) is 13.3 Å². The Bertz CT molecular complexity index is 242. The fourth-order valence-corrected chi connectivity index (χ4v) is 1.37. The van der Waals surface area contributed by atoms with Crippen LogP contribution in [0, 0.1) is 0 Å². The lowest BCUT2D eigenvalue weighted by atomic mass is 10.1. The molecule has 6 nitrogen and oxygen atoms in total. The molecule has 0 bridgehead atoms. The largest absolute Gasteiger partial charge is 0.480 e. The number of amides is 1. The Labute approximate surface area is 81.8 Å². The second-order valence-corrected chi connectivity index (χ2v) is 3.53. The van der Waals surface area contributed by atoms with E-state index in [4.69, 9.17) is 10.8 Å². The molecule has 1 rings (SSSR count). The second kappa shape index (κ2) is 4.39. The predicted molar refractivity (Wildman–Crippen MR) is 49.6 cm³/mol. The summed E-state index contributed by atoms with van der Waals surface area (Å²) in [4.78, 5) is 21.7. The summed E-state index contributed by atoms with van der Waals surface area (Å²) in [5.41, 5.74) is 5.36. The van der Waals surface area contributed by atoms with E-state index in [-0.39, 0.29) is 11.9 Å². The second-order valence-electron chi connectivity index (χ2n) is 3.53. The minimum Gasteiger partial charge on any atom is -0.480 e. The molecular formula is C8H15N3O3. The third-order valence-corrected chi connectivity index (χ3v) is 2.19. The van der Waals surface area contributed by atoms with Crippen molar-refractivity contribution < 1.29 is 14.7 Å². The summed E-state index contributed by atoms with van der Waals surface area (Å²) in [6, 6.07) is -1.25. The van der Waals surface area contributed by atoms with Crippen LogP contribution in [0.1, 0.15) is 13.3 Å². The van der Waals surface area contributed by atoms with E-state index in [2.05, 4.69) is 10.6 Å².